The van der Waals surface area contributed by atoms with Gasteiger partial charge in [-0.15, -0.1) is 0 Å². The number of hydrogen-bond donors (Lipinski definition) is 2. The fraction of sp³-hybridized carbons (Fsp3) is 0.438. The minimum atomic E-state index is -0.808. The van der Waals surface area contributed by atoms with Gasteiger partial charge in [-0.3, -0.25) is 14.4 Å². The minimum absolute atomic E-state index is 0.129. The number of carbonyl (C=O) groups excluding carboxylic acids is 2. The van der Waals surface area contributed by atoms with Gasteiger partial charge >= 0.3 is 5.97 Å². The van der Waals surface area contributed by atoms with Gasteiger partial charge in [0, 0.05) is 30.6 Å². The Kier molecular flexibility index (Phi) is 5.14. The molecule has 3 N–H and O–H groups in total. The first-order valence-electron chi connectivity index (χ1n) is 7.38. The van der Waals surface area contributed by atoms with Gasteiger partial charge in [-0.2, -0.15) is 0 Å². The van der Waals surface area contributed by atoms with Crippen LogP contribution in [0, 0.1) is 5.92 Å². The molecule has 1 aromatic carbocycles. The lowest BCUT2D eigenvalue weighted by Gasteiger charge is -2.32. The molecule has 6 heteroatoms. The lowest BCUT2D eigenvalue weighted by Crippen LogP contribution is -2.40. The lowest BCUT2D eigenvalue weighted by molar-refractivity contribution is -0.137. The Hall–Kier alpha value is -2.37. The number of primary amides is 1. The molecule has 22 heavy (non-hydrogen) atoms. The monoisotopic (exact) mass is 304 g/mol. The Morgan fingerprint density at radius 3 is 2.68 bits per heavy atom. The van der Waals surface area contributed by atoms with E-state index in [2.05, 4.69) is 0 Å². The molecule has 1 aromatic rings. The predicted octanol–water partition coefficient (Wildman–Crippen LogP) is 1.50. The van der Waals surface area contributed by atoms with Gasteiger partial charge in [-0.05, 0) is 43.4 Å². The van der Waals surface area contributed by atoms with E-state index in [1.807, 2.05) is 0 Å². The van der Waals surface area contributed by atoms with Crippen LogP contribution in [0.15, 0.2) is 24.3 Å². The summed E-state index contributed by atoms with van der Waals surface area (Å²) in [6.45, 7) is 1.22. The molecule has 6 nitrogen and oxygen atoms in total. The van der Waals surface area contributed by atoms with E-state index in [0.717, 1.165) is 12.8 Å². The average molecular weight is 304 g/mol. The Labute approximate surface area is 128 Å². The molecular weight excluding hydrogens is 284 g/mol. The number of likely N-dealkylation sites (tertiary alicyclic amines) is 1. The molecule has 1 heterocycles. The number of carboxylic acid groups (broad SMARTS) is 1. The summed E-state index contributed by atoms with van der Waals surface area (Å²) < 4.78 is 0. The van der Waals surface area contributed by atoms with Crippen LogP contribution in [0.5, 0.6) is 0 Å². The van der Waals surface area contributed by atoms with Crippen LogP contribution in [0.1, 0.15) is 46.4 Å². The van der Waals surface area contributed by atoms with Crippen molar-refractivity contribution in [3.8, 4) is 0 Å². The van der Waals surface area contributed by atoms with E-state index in [0.29, 0.717) is 30.6 Å². The van der Waals surface area contributed by atoms with Crippen LogP contribution in [0.25, 0.3) is 0 Å². The molecule has 1 atom stereocenters. The lowest BCUT2D eigenvalue weighted by atomic mass is 9.93. The molecular formula is C16H20N2O4. The zero-order valence-electron chi connectivity index (χ0n) is 12.3. The molecule has 0 saturated carbocycles. The van der Waals surface area contributed by atoms with Crippen LogP contribution in [0.4, 0.5) is 0 Å². The first kappa shape index (κ1) is 16.0. The van der Waals surface area contributed by atoms with Gasteiger partial charge in [0.15, 0.2) is 0 Å². The third-order valence-corrected chi connectivity index (χ3v) is 3.97. The Morgan fingerprint density at radius 1 is 1.27 bits per heavy atom. The molecule has 0 aromatic heterocycles. The second kappa shape index (κ2) is 7.06. The van der Waals surface area contributed by atoms with Crippen LogP contribution in [0.2, 0.25) is 0 Å². The van der Waals surface area contributed by atoms with Crippen molar-refractivity contribution in [2.75, 3.05) is 13.1 Å². The van der Waals surface area contributed by atoms with Crippen LogP contribution in [-0.2, 0) is 4.79 Å². The second-order valence-corrected chi connectivity index (χ2v) is 5.64. The predicted molar refractivity (Wildman–Crippen MR) is 80.5 cm³/mol. The Bertz CT molecular complexity index is 585. The minimum Gasteiger partial charge on any atom is -0.481 e. The van der Waals surface area contributed by atoms with E-state index < -0.39 is 11.9 Å². The number of nitrogens with two attached hydrogens (primary N) is 1. The Morgan fingerprint density at radius 2 is 2.00 bits per heavy atom. The number of carboxylic acids is 1. The highest BCUT2D eigenvalue weighted by molar-refractivity contribution is 5.99. The number of piperidine rings is 1. The summed E-state index contributed by atoms with van der Waals surface area (Å²) in [5, 5.41) is 8.76. The average Bonchev–Trinajstić information content (AvgIpc) is 2.52. The van der Waals surface area contributed by atoms with E-state index in [1.165, 1.54) is 6.07 Å². The van der Waals surface area contributed by atoms with Gasteiger partial charge in [0.25, 0.3) is 5.91 Å². The molecule has 0 radical (unpaired) electrons. The van der Waals surface area contributed by atoms with Crippen LogP contribution >= 0.6 is 0 Å². The van der Waals surface area contributed by atoms with Crippen LogP contribution in [0.3, 0.4) is 0 Å². The van der Waals surface area contributed by atoms with E-state index in [1.54, 1.807) is 23.1 Å². The van der Waals surface area contributed by atoms with E-state index in [-0.39, 0.29) is 18.2 Å². The second-order valence-electron chi connectivity index (χ2n) is 5.64. The number of aliphatic carboxylic acids is 1. The maximum absolute atomic E-state index is 12.5. The summed E-state index contributed by atoms with van der Waals surface area (Å²) in [4.78, 5) is 36.1. The topological polar surface area (TPSA) is 101 Å². The normalized spacial score (nSPS) is 18.0. The maximum Gasteiger partial charge on any atom is 0.303 e. The summed E-state index contributed by atoms with van der Waals surface area (Å²) >= 11 is 0. The first-order chi connectivity index (χ1) is 10.5. The molecule has 1 aliphatic heterocycles. The number of carbonyl (C=O) groups is 3. The molecule has 0 bridgehead atoms. The quantitative estimate of drug-likeness (QED) is 0.860. The van der Waals surface area contributed by atoms with Crippen LogP contribution in [-0.4, -0.2) is 40.9 Å². The number of amides is 2. The summed E-state index contributed by atoms with van der Waals surface area (Å²) in [5.74, 6) is -1.29. The van der Waals surface area contributed by atoms with Gasteiger partial charge in [-0.1, -0.05) is 6.07 Å². The molecule has 0 aliphatic carbocycles. The van der Waals surface area contributed by atoms with Crippen LogP contribution < -0.4 is 5.73 Å². The van der Waals surface area contributed by atoms with Crippen molar-refractivity contribution in [2.45, 2.75) is 25.7 Å². The molecule has 118 valence electrons. The van der Waals surface area contributed by atoms with Gasteiger partial charge in [0.05, 0.1) is 0 Å². The van der Waals surface area contributed by atoms with Gasteiger partial charge in [0.1, 0.15) is 0 Å². The molecule has 1 fully saturated rings. The van der Waals surface area contributed by atoms with Gasteiger partial charge in [0.2, 0.25) is 5.91 Å². The van der Waals surface area contributed by atoms with Gasteiger partial charge < -0.3 is 15.7 Å². The van der Waals surface area contributed by atoms with Crippen molar-refractivity contribution in [3.63, 3.8) is 0 Å². The summed E-state index contributed by atoms with van der Waals surface area (Å²) in [6, 6.07) is 6.38. The first-order valence-corrected chi connectivity index (χ1v) is 7.38. The largest absolute Gasteiger partial charge is 0.481 e. The van der Waals surface area contributed by atoms with E-state index >= 15 is 0 Å². The maximum atomic E-state index is 12.5. The standard InChI is InChI=1S/C16H20N2O4/c17-15(21)12-4-1-5-13(9-12)16(22)18-8-2-3-11(10-18)6-7-14(19)20/h1,4-5,9,11H,2-3,6-8,10H2,(H2,17,21)(H,19,20). The van der Waals surface area contributed by atoms with Crippen molar-refractivity contribution < 1.29 is 19.5 Å². The summed E-state index contributed by atoms with van der Waals surface area (Å²) in [5.41, 5.74) is 5.98. The highest BCUT2D eigenvalue weighted by Gasteiger charge is 2.25. The smallest absolute Gasteiger partial charge is 0.303 e. The zero-order valence-corrected chi connectivity index (χ0v) is 12.3. The number of nitrogens with zero attached hydrogens (tertiary/aromatic N) is 1. The zero-order chi connectivity index (χ0) is 16.1. The van der Waals surface area contributed by atoms with Crippen molar-refractivity contribution in [1.82, 2.24) is 4.90 Å². The summed E-state index contributed by atoms with van der Waals surface area (Å²) in [7, 11) is 0. The van der Waals surface area contributed by atoms with E-state index in [9.17, 15) is 14.4 Å². The third-order valence-electron chi connectivity index (χ3n) is 3.97. The SMILES string of the molecule is NC(=O)c1cccc(C(=O)N2CCCC(CCC(=O)O)C2)c1. The molecule has 1 unspecified atom stereocenters. The number of hydrogen-bond acceptors (Lipinski definition) is 3. The van der Waals surface area contributed by atoms with Crippen molar-refractivity contribution >= 4 is 17.8 Å². The van der Waals surface area contributed by atoms with E-state index in [4.69, 9.17) is 10.8 Å². The Balaban J connectivity index is 2.04. The highest BCUT2D eigenvalue weighted by atomic mass is 16.4. The molecule has 1 saturated heterocycles. The fourth-order valence-corrected chi connectivity index (χ4v) is 2.80. The fourth-order valence-electron chi connectivity index (χ4n) is 2.80. The molecule has 1 aliphatic rings. The van der Waals surface area contributed by atoms with Crippen molar-refractivity contribution in [2.24, 2.45) is 11.7 Å². The number of rotatable bonds is 5. The van der Waals surface area contributed by atoms with Crippen molar-refractivity contribution in [1.29, 1.82) is 0 Å². The van der Waals surface area contributed by atoms with Crippen molar-refractivity contribution in [3.05, 3.63) is 35.4 Å². The molecule has 2 rings (SSSR count). The molecule has 0 spiro atoms. The summed E-state index contributed by atoms with van der Waals surface area (Å²) in [6.07, 6.45) is 2.52. The third kappa shape index (κ3) is 4.07. The molecule has 2 amide bonds. The highest BCUT2D eigenvalue weighted by Crippen LogP contribution is 2.22. The van der Waals surface area contributed by atoms with Gasteiger partial charge in [-0.25, -0.2) is 0 Å². The number of benzene rings is 1.